The van der Waals surface area contributed by atoms with Crippen molar-refractivity contribution < 1.29 is 9.59 Å². The molecule has 4 rings (SSSR count). The van der Waals surface area contributed by atoms with Crippen LogP contribution < -0.4 is 11.1 Å². The van der Waals surface area contributed by atoms with Crippen molar-refractivity contribution in [1.82, 2.24) is 4.90 Å². The van der Waals surface area contributed by atoms with E-state index in [1.54, 1.807) is 0 Å². The van der Waals surface area contributed by atoms with Crippen molar-refractivity contribution >= 4 is 29.9 Å². The van der Waals surface area contributed by atoms with Gasteiger partial charge < -0.3 is 16.0 Å². The summed E-state index contributed by atoms with van der Waals surface area (Å²) in [5.41, 5.74) is 7.70. The van der Waals surface area contributed by atoms with Crippen LogP contribution >= 0.6 is 12.4 Å². The summed E-state index contributed by atoms with van der Waals surface area (Å²) in [5, 5.41) is 3.01. The highest BCUT2D eigenvalue weighted by Crippen LogP contribution is 2.47. The first kappa shape index (κ1) is 20.2. The smallest absolute Gasteiger partial charge is 0.254 e. The molecule has 3 N–H and O–H groups in total. The molecule has 1 aromatic rings. The number of benzene rings is 1. The molecule has 5 nitrogen and oxygen atoms in total. The van der Waals surface area contributed by atoms with Crippen molar-refractivity contribution in [2.24, 2.45) is 23.5 Å². The monoisotopic (exact) mass is 391 g/mol. The number of anilines is 1. The van der Waals surface area contributed by atoms with Gasteiger partial charge in [-0.05, 0) is 81.5 Å². The number of halogens is 1. The van der Waals surface area contributed by atoms with Gasteiger partial charge in [0.15, 0.2) is 0 Å². The number of nitrogens with zero attached hydrogens (tertiary/aromatic N) is 1. The number of nitrogens with two attached hydrogens (primary N) is 1. The number of hydrogen-bond acceptors (Lipinski definition) is 3. The Bertz CT molecular complexity index is 691. The van der Waals surface area contributed by atoms with Crippen LogP contribution in [0.3, 0.4) is 0 Å². The predicted octanol–water partition coefficient (Wildman–Crippen LogP) is 3.43. The fourth-order valence-corrected chi connectivity index (χ4v) is 5.21. The minimum Gasteiger partial charge on any atom is -0.336 e. The normalized spacial score (nSPS) is 32.1. The number of fused-ring (bicyclic) bond motifs is 2. The molecule has 2 saturated carbocycles. The first-order valence-electron chi connectivity index (χ1n) is 10.0. The first-order valence-corrected chi connectivity index (χ1v) is 10.0. The second-order valence-corrected chi connectivity index (χ2v) is 8.35. The van der Waals surface area contributed by atoms with Gasteiger partial charge in [0.2, 0.25) is 5.91 Å². The van der Waals surface area contributed by atoms with Crippen LogP contribution in [0.15, 0.2) is 24.3 Å². The van der Waals surface area contributed by atoms with Gasteiger partial charge in [0.1, 0.15) is 0 Å². The third kappa shape index (κ3) is 3.85. The second-order valence-electron chi connectivity index (χ2n) is 8.35. The SMILES string of the molecule is CC1CCCCN1C(=O)c1ccc(NC(=O)C2C3CCC(C3)C2N)cc1.Cl. The lowest BCUT2D eigenvalue weighted by atomic mass is 9.84. The van der Waals surface area contributed by atoms with Gasteiger partial charge in [0.05, 0.1) is 5.92 Å². The van der Waals surface area contributed by atoms with Gasteiger partial charge in [-0.3, -0.25) is 9.59 Å². The number of likely N-dealkylation sites (tertiary alicyclic amines) is 1. The average Bonchev–Trinajstić information content (AvgIpc) is 3.23. The molecule has 148 valence electrons. The number of carbonyl (C=O) groups is 2. The van der Waals surface area contributed by atoms with Crippen molar-refractivity contribution in [3.63, 3.8) is 0 Å². The van der Waals surface area contributed by atoms with Crippen LogP contribution in [0, 0.1) is 17.8 Å². The van der Waals surface area contributed by atoms with Gasteiger partial charge in [-0.15, -0.1) is 12.4 Å². The summed E-state index contributed by atoms with van der Waals surface area (Å²) in [6.07, 6.45) is 6.73. The van der Waals surface area contributed by atoms with E-state index in [0.717, 1.165) is 37.9 Å². The van der Waals surface area contributed by atoms with Crippen LogP contribution in [0.4, 0.5) is 5.69 Å². The van der Waals surface area contributed by atoms with E-state index >= 15 is 0 Å². The third-order valence-corrected chi connectivity index (χ3v) is 6.75. The minimum atomic E-state index is -0.0655. The number of carbonyl (C=O) groups excluding carboxylic acids is 2. The molecule has 6 heteroatoms. The maximum atomic E-state index is 12.7. The molecule has 3 fully saturated rings. The lowest BCUT2D eigenvalue weighted by molar-refractivity contribution is -0.121. The molecule has 2 bridgehead atoms. The number of piperidine rings is 1. The maximum absolute atomic E-state index is 12.7. The molecule has 1 saturated heterocycles. The Morgan fingerprint density at radius 1 is 1.07 bits per heavy atom. The number of nitrogens with one attached hydrogen (secondary N) is 1. The van der Waals surface area contributed by atoms with E-state index in [1.807, 2.05) is 29.2 Å². The molecular weight excluding hydrogens is 362 g/mol. The van der Waals surface area contributed by atoms with E-state index in [2.05, 4.69) is 12.2 Å². The van der Waals surface area contributed by atoms with E-state index in [0.29, 0.717) is 23.4 Å². The lowest BCUT2D eigenvalue weighted by Crippen LogP contribution is -2.42. The van der Waals surface area contributed by atoms with E-state index in [4.69, 9.17) is 5.73 Å². The third-order valence-electron chi connectivity index (χ3n) is 6.75. The summed E-state index contributed by atoms with van der Waals surface area (Å²) in [6, 6.07) is 7.60. The first-order chi connectivity index (χ1) is 12.5. The molecule has 3 aliphatic rings. The zero-order chi connectivity index (χ0) is 18.3. The topological polar surface area (TPSA) is 75.4 Å². The standard InChI is InChI=1S/C21H29N3O2.ClH/c1-13-4-2-3-11-24(13)21(26)14-7-9-17(10-8-14)23-20(25)18-15-5-6-16(12-15)19(18)22;/h7-10,13,15-16,18-19H,2-6,11-12,22H2,1H3,(H,23,25);1H. The molecule has 5 unspecified atom stereocenters. The highest BCUT2D eigenvalue weighted by Gasteiger charge is 2.49. The Kier molecular flexibility index (Phi) is 6.11. The quantitative estimate of drug-likeness (QED) is 0.828. The van der Waals surface area contributed by atoms with E-state index in [-0.39, 0.29) is 36.2 Å². The molecule has 2 amide bonds. The summed E-state index contributed by atoms with van der Waals surface area (Å²) in [4.78, 5) is 27.3. The largest absolute Gasteiger partial charge is 0.336 e. The van der Waals surface area contributed by atoms with Crippen LogP contribution in [0.25, 0.3) is 0 Å². The summed E-state index contributed by atoms with van der Waals surface area (Å²) in [6.45, 7) is 2.95. The van der Waals surface area contributed by atoms with Gasteiger partial charge in [0, 0.05) is 29.9 Å². The molecule has 1 aromatic carbocycles. The Morgan fingerprint density at radius 3 is 2.41 bits per heavy atom. The van der Waals surface area contributed by atoms with Crippen LogP contribution in [0.5, 0.6) is 0 Å². The van der Waals surface area contributed by atoms with Crippen LogP contribution in [-0.2, 0) is 4.79 Å². The predicted molar refractivity (Wildman–Crippen MR) is 109 cm³/mol. The van der Waals surface area contributed by atoms with Gasteiger partial charge >= 0.3 is 0 Å². The van der Waals surface area contributed by atoms with Crippen molar-refractivity contribution in [3.05, 3.63) is 29.8 Å². The van der Waals surface area contributed by atoms with Crippen molar-refractivity contribution in [2.45, 2.75) is 57.5 Å². The Morgan fingerprint density at radius 2 is 1.78 bits per heavy atom. The summed E-state index contributed by atoms with van der Waals surface area (Å²) in [5.74, 6) is 1.02. The number of amides is 2. The molecule has 2 aliphatic carbocycles. The lowest BCUT2D eigenvalue weighted by Gasteiger charge is -2.33. The van der Waals surface area contributed by atoms with Crippen LogP contribution in [0.1, 0.15) is 55.8 Å². The van der Waals surface area contributed by atoms with E-state index in [9.17, 15) is 9.59 Å². The molecule has 5 atom stereocenters. The van der Waals surface area contributed by atoms with Crippen LogP contribution in [-0.4, -0.2) is 35.3 Å². The van der Waals surface area contributed by atoms with Crippen molar-refractivity contribution in [2.75, 3.05) is 11.9 Å². The Labute approximate surface area is 167 Å². The highest BCUT2D eigenvalue weighted by atomic mass is 35.5. The molecule has 0 spiro atoms. The zero-order valence-electron chi connectivity index (χ0n) is 15.9. The fourth-order valence-electron chi connectivity index (χ4n) is 5.21. The fraction of sp³-hybridized carbons (Fsp3) is 0.619. The molecular formula is C21H30ClN3O2. The molecule has 0 radical (unpaired) electrons. The summed E-state index contributed by atoms with van der Waals surface area (Å²) >= 11 is 0. The number of rotatable bonds is 3. The van der Waals surface area contributed by atoms with E-state index in [1.165, 1.54) is 12.8 Å². The van der Waals surface area contributed by atoms with Gasteiger partial charge in [0.25, 0.3) is 5.91 Å². The van der Waals surface area contributed by atoms with Gasteiger partial charge in [-0.25, -0.2) is 0 Å². The average molecular weight is 392 g/mol. The second kappa shape index (κ2) is 8.19. The van der Waals surface area contributed by atoms with Crippen molar-refractivity contribution in [3.8, 4) is 0 Å². The van der Waals surface area contributed by atoms with Gasteiger partial charge in [-0.2, -0.15) is 0 Å². The molecule has 27 heavy (non-hydrogen) atoms. The summed E-state index contributed by atoms with van der Waals surface area (Å²) < 4.78 is 0. The zero-order valence-corrected chi connectivity index (χ0v) is 16.7. The minimum absolute atomic E-state index is 0. The van der Waals surface area contributed by atoms with E-state index < -0.39 is 0 Å². The van der Waals surface area contributed by atoms with Crippen molar-refractivity contribution in [1.29, 1.82) is 0 Å². The number of hydrogen-bond donors (Lipinski definition) is 2. The highest BCUT2D eigenvalue weighted by molar-refractivity contribution is 5.96. The maximum Gasteiger partial charge on any atom is 0.254 e. The molecule has 1 aliphatic heterocycles. The molecule has 0 aromatic heterocycles. The van der Waals surface area contributed by atoms with Gasteiger partial charge in [-0.1, -0.05) is 0 Å². The Hall–Kier alpha value is -1.59. The Balaban J connectivity index is 0.00000210. The van der Waals surface area contributed by atoms with Crippen LogP contribution in [0.2, 0.25) is 0 Å². The molecule has 1 heterocycles. The summed E-state index contributed by atoms with van der Waals surface area (Å²) in [7, 11) is 0.